The van der Waals surface area contributed by atoms with E-state index in [2.05, 4.69) is 40.2 Å². The summed E-state index contributed by atoms with van der Waals surface area (Å²) in [5.74, 6) is -2.45. The van der Waals surface area contributed by atoms with Gasteiger partial charge >= 0.3 is 5.97 Å². The van der Waals surface area contributed by atoms with Crippen molar-refractivity contribution in [2.45, 2.75) is 31.2 Å². The first kappa shape index (κ1) is 25.6. The maximum absolute atomic E-state index is 12.4. The van der Waals surface area contributed by atoms with Crippen LogP contribution in [-0.4, -0.2) is 47.9 Å². The summed E-state index contributed by atoms with van der Waals surface area (Å²) in [4.78, 5) is 48.2. The van der Waals surface area contributed by atoms with Gasteiger partial charge in [0.15, 0.2) is 0 Å². The molecule has 0 saturated heterocycles. The zero-order valence-electron chi connectivity index (χ0n) is 20.3. The van der Waals surface area contributed by atoms with E-state index in [0.717, 1.165) is 5.56 Å². The summed E-state index contributed by atoms with van der Waals surface area (Å²) < 4.78 is 0. The zero-order chi connectivity index (χ0) is 26.2. The monoisotopic (exact) mass is 499 g/mol. The summed E-state index contributed by atoms with van der Waals surface area (Å²) in [6, 6.07) is 24.2. The molecule has 8 nitrogen and oxygen atoms in total. The number of hydrogen-bond acceptors (Lipinski definition) is 4. The Morgan fingerprint density at radius 3 is 1.86 bits per heavy atom. The third-order valence-corrected chi connectivity index (χ3v) is 6.43. The summed E-state index contributed by atoms with van der Waals surface area (Å²) >= 11 is 0. The van der Waals surface area contributed by atoms with Crippen molar-refractivity contribution < 1.29 is 24.3 Å². The first-order chi connectivity index (χ1) is 17.9. The van der Waals surface area contributed by atoms with E-state index in [1.165, 1.54) is 22.3 Å². The minimum atomic E-state index is -1.16. The lowest BCUT2D eigenvalue weighted by Gasteiger charge is -2.15. The molecule has 0 saturated carbocycles. The van der Waals surface area contributed by atoms with Gasteiger partial charge in [0.1, 0.15) is 6.04 Å². The second-order valence-electron chi connectivity index (χ2n) is 8.97. The summed E-state index contributed by atoms with van der Waals surface area (Å²) in [7, 11) is 0. The Hall–Kier alpha value is -4.46. The molecule has 0 aliphatic heterocycles. The minimum Gasteiger partial charge on any atom is -0.480 e. The first-order valence-electron chi connectivity index (χ1n) is 12.2. The van der Waals surface area contributed by atoms with E-state index in [9.17, 15) is 24.3 Å². The van der Waals surface area contributed by atoms with Gasteiger partial charge in [-0.15, -0.1) is 0 Å². The predicted molar refractivity (Wildman–Crippen MR) is 139 cm³/mol. The summed E-state index contributed by atoms with van der Waals surface area (Å²) in [6.07, 6.45) is 0.991. The van der Waals surface area contributed by atoms with Crippen LogP contribution in [0.1, 0.15) is 35.4 Å². The van der Waals surface area contributed by atoms with Crippen LogP contribution in [0.2, 0.25) is 0 Å². The van der Waals surface area contributed by atoms with Crippen molar-refractivity contribution in [3.63, 3.8) is 0 Å². The fourth-order valence-corrected chi connectivity index (χ4v) is 4.65. The van der Waals surface area contributed by atoms with Gasteiger partial charge in [-0.2, -0.15) is 0 Å². The van der Waals surface area contributed by atoms with Crippen LogP contribution in [0.5, 0.6) is 0 Å². The highest BCUT2D eigenvalue weighted by Crippen LogP contribution is 2.46. The fraction of sp³-hybridized carbons (Fsp3) is 0.241. The van der Waals surface area contributed by atoms with Gasteiger partial charge in [-0.05, 0) is 34.2 Å². The number of rotatable bonds is 11. The van der Waals surface area contributed by atoms with Crippen molar-refractivity contribution in [3.05, 3.63) is 95.6 Å². The molecule has 190 valence electrons. The van der Waals surface area contributed by atoms with E-state index in [-0.39, 0.29) is 37.8 Å². The molecule has 0 aromatic heterocycles. The molecule has 3 aromatic carbocycles. The Morgan fingerprint density at radius 2 is 1.24 bits per heavy atom. The maximum atomic E-state index is 12.4. The first-order valence-corrected chi connectivity index (χ1v) is 12.2. The fourth-order valence-electron chi connectivity index (χ4n) is 4.65. The van der Waals surface area contributed by atoms with Gasteiger partial charge in [-0.25, -0.2) is 4.79 Å². The van der Waals surface area contributed by atoms with Crippen LogP contribution in [0, 0.1) is 0 Å². The number of hydrogen-bond donors (Lipinski definition) is 4. The van der Waals surface area contributed by atoms with Crippen molar-refractivity contribution in [1.82, 2.24) is 16.0 Å². The molecular formula is C29H29N3O5. The Balaban J connectivity index is 1.20. The lowest BCUT2D eigenvalue weighted by Crippen LogP contribution is -2.47. The molecule has 0 radical (unpaired) electrons. The third kappa shape index (κ3) is 6.61. The SMILES string of the molecule is O=C(CCC1c2ccccc2-c2ccccc21)NCC(=O)NCC(=O)N[C@@H](Cc1ccccc1)C(=O)O. The van der Waals surface area contributed by atoms with E-state index in [1.807, 2.05) is 30.3 Å². The number of carbonyl (C=O) groups is 4. The van der Waals surface area contributed by atoms with Gasteiger partial charge < -0.3 is 21.1 Å². The molecule has 3 amide bonds. The Kier molecular flexibility index (Phi) is 8.30. The van der Waals surface area contributed by atoms with E-state index in [0.29, 0.717) is 6.42 Å². The Bertz CT molecular complexity index is 1250. The highest BCUT2D eigenvalue weighted by Gasteiger charge is 2.28. The van der Waals surface area contributed by atoms with Gasteiger partial charge in [0.25, 0.3) is 0 Å². The van der Waals surface area contributed by atoms with Crippen LogP contribution in [0.4, 0.5) is 0 Å². The van der Waals surface area contributed by atoms with E-state index in [4.69, 9.17) is 0 Å². The molecule has 0 unspecified atom stereocenters. The molecule has 0 spiro atoms. The van der Waals surface area contributed by atoms with Crippen molar-refractivity contribution in [2.24, 2.45) is 0 Å². The number of nitrogens with one attached hydrogen (secondary N) is 3. The molecule has 1 aliphatic rings. The van der Waals surface area contributed by atoms with E-state index < -0.39 is 23.8 Å². The number of carboxylic acids is 1. The quantitative estimate of drug-likeness (QED) is 0.323. The normalized spacial score (nSPS) is 12.6. The van der Waals surface area contributed by atoms with Gasteiger partial charge in [0.05, 0.1) is 13.1 Å². The maximum Gasteiger partial charge on any atom is 0.326 e. The molecule has 8 heteroatoms. The topological polar surface area (TPSA) is 125 Å². The second kappa shape index (κ2) is 12.0. The second-order valence-corrected chi connectivity index (χ2v) is 8.97. The van der Waals surface area contributed by atoms with Crippen molar-refractivity contribution in [1.29, 1.82) is 0 Å². The van der Waals surface area contributed by atoms with E-state index in [1.54, 1.807) is 24.3 Å². The Labute approximate surface area is 215 Å². The number of fused-ring (bicyclic) bond motifs is 3. The van der Waals surface area contributed by atoms with Crippen LogP contribution in [0.25, 0.3) is 11.1 Å². The zero-order valence-corrected chi connectivity index (χ0v) is 20.3. The number of carbonyl (C=O) groups excluding carboxylic acids is 3. The van der Waals surface area contributed by atoms with Gasteiger partial charge in [-0.1, -0.05) is 78.9 Å². The average molecular weight is 500 g/mol. The number of benzene rings is 3. The average Bonchev–Trinajstić information content (AvgIpc) is 3.23. The number of carboxylic acid groups (broad SMARTS) is 1. The molecule has 1 atom stereocenters. The highest BCUT2D eigenvalue weighted by molar-refractivity contribution is 5.90. The molecule has 4 rings (SSSR count). The lowest BCUT2D eigenvalue weighted by atomic mass is 9.92. The highest BCUT2D eigenvalue weighted by atomic mass is 16.4. The van der Waals surface area contributed by atoms with Crippen molar-refractivity contribution in [2.75, 3.05) is 13.1 Å². The van der Waals surface area contributed by atoms with Crippen molar-refractivity contribution in [3.8, 4) is 11.1 Å². The predicted octanol–water partition coefficient (Wildman–Crippen LogP) is 2.62. The number of aliphatic carboxylic acids is 1. The molecule has 4 N–H and O–H groups in total. The molecular weight excluding hydrogens is 470 g/mol. The summed E-state index contributed by atoms with van der Waals surface area (Å²) in [5, 5.41) is 16.8. The summed E-state index contributed by atoms with van der Waals surface area (Å²) in [5.41, 5.74) is 5.55. The summed E-state index contributed by atoms with van der Waals surface area (Å²) in [6.45, 7) is -0.654. The largest absolute Gasteiger partial charge is 0.480 e. The molecule has 3 aromatic rings. The molecule has 0 bridgehead atoms. The van der Waals surface area contributed by atoms with Crippen LogP contribution in [0.3, 0.4) is 0 Å². The van der Waals surface area contributed by atoms with Gasteiger partial charge in [0.2, 0.25) is 17.7 Å². The molecule has 1 aliphatic carbocycles. The Morgan fingerprint density at radius 1 is 0.703 bits per heavy atom. The third-order valence-electron chi connectivity index (χ3n) is 6.43. The molecule has 37 heavy (non-hydrogen) atoms. The standard InChI is InChI=1S/C29H29N3O5/c33-26(15-14-24-22-12-6-4-10-20(22)21-11-5-7-13-23(21)24)30-17-27(34)31-18-28(35)32-25(29(36)37)16-19-8-2-1-3-9-19/h1-13,24-25H,14-18H2,(H,30,33)(H,31,34)(H,32,35)(H,36,37)/t25-/m0/s1. The lowest BCUT2D eigenvalue weighted by molar-refractivity contribution is -0.141. The van der Waals surface area contributed by atoms with Gasteiger partial charge in [0, 0.05) is 18.8 Å². The van der Waals surface area contributed by atoms with Crippen LogP contribution >= 0.6 is 0 Å². The van der Waals surface area contributed by atoms with Gasteiger partial charge in [-0.3, -0.25) is 14.4 Å². The van der Waals surface area contributed by atoms with Crippen LogP contribution in [0.15, 0.2) is 78.9 Å². The van der Waals surface area contributed by atoms with E-state index >= 15 is 0 Å². The van der Waals surface area contributed by atoms with Crippen LogP contribution in [-0.2, 0) is 25.6 Å². The van der Waals surface area contributed by atoms with Crippen molar-refractivity contribution >= 4 is 23.7 Å². The smallest absolute Gasteiger partial charge is 0.326 e. The minimum absolute atomic E-state index is 0.119. The molecule has 0 fully saturated rings. The van der Waals surface area contributed by atoms with Crippen LogP contribution < -0.4 is 16.0 Å². The molecule has 0 heterocycles. The number of amides is 3.